The van der Waals surface area contributed by atoms with E-state index in [-0.39, 0.29) is 5.41 Å². The summed E-state index contributed by atoms with van der Waals surface area (Å²) in [5.74, 6) is 0.490. The standard InChI is InChI=1S/C17H26O/c1-11(2)13-8-9-14(15(10-13)12(3)4)16(18)17(5,6)7/h8-11,16,18H,3H2,1-2,4-7H3. The molecule has 1 unspecified atom stereocenters. The van der Waals surface area contributed by atoms with E-state index in [1.54, 1.807) is 0 Å². The lowest BCUT2D eigenvalue weighted by Gasteiger charge is -2.28. The van der Waals surface area contributed by atoms with E-state index < -0.39 is 6.10 Å². The Morgan fingerprint density at radius 2 is 1.78 bits per heavy atom. The van der Waals surface area contributed by atoms with Crippen LogP contribution >= 0.6 is 0 Å². The van der Waals surface area contributed by atoms with Gasteiger partial charge in [-0.2, -0.15) is 0 Å². The fraction of sp³-hybridized carbons (Fsp3) is 0.529. The zero-order valence-electron chi connectivity index (χ0n) is 12.5. The number of aliphatic hydroxyl groups excluding tert-OH is 1. The molecule has 0 radical (unpaired) electrons. The van der Waals surface area contributed by atoms with Crippen molar-refractivity contribution >= 4 is 5.57 Å². The third-order valence-electron chi connectivity index (χ3n) is 3.32. The fourth-order valence-electron chi connectivity index (χ4n) is 2.01. The molecule has 1 atom stereocenters. The van der Waals surface area contributed by atoms with Gasteiger partial charge in [0.05, 0.1) is 6.10 Å². The van der Waals surface area contributed by atoms with Crippen LogP contribution in [0.15, 0.2) is 24.8 Å². The molecule has 0 saturated carbocycles. The number of hydrogen-bond acceptors (Lipinski definition) is 1. The van der Waals surface area contributed by atoms with Crippen LogP contribution in [-0.2, 0) is 0 Å². The highest BCUT2D eigenvalue weighted by Gasteiger charge is 2.26. The largest absolute Gasteiger partial charge is 0.388 e. The molecule has 0 fully saturated rings. The molecule has 0 bridgehead atoms. The third kappa shape index (κ3) is 3.23. The first kappa shape index (κ1) is 15.0. The summed E-state index contributed by atoms with van der Waals surface area (Å²) in [5.41, 5.74) is 4.21. The maximum absolute atomic E-state index is 10.5. The van der Waals surface area contributed by atoms with Crippen molar-refractivity contribution in [1.82, 2.24) is 0 Å². The minimum Gasteiger partial charge on any atom is -0.388 e. The first-order valence-electron chi connectivity index (χ1n) is 6.62. The summed E-state index contributed by atoms with van der Waals surface area (Å²) in [6, 6.07) is 6.33. The molecule has 0 amide bonds. The molecule has 1 aromatic carbocycles. The number of rotatable bonds is 3. The quantitative estimate of drug-likeness (QED) is 0.802. The first-order chi connectivity index (χ1) is 8.14. The zero-order valence-corrected chi connectivity index (χ0v) is 12.5. The van der Waals surface area contributed by atoms with Crippen LogP contribution in [0.5, 0.6) is 0 Å². The van der Waals surface area contributed by atoms with Gasteiger partial charge in [0.15, 0.2) is 0 Å². The van der Waals surface area contributed by atoms with Crippen LogP contribution in [0.2, 0.25) is 0 Å². The lowest BCUT2D eigenvalue weighted by atomic mass is 9.81. The van der Waals surface area contributed by atoms with E-state index in [2.05, 4.69) is 59.4 Å². The van der Waals surface area contributed by atoms with E-state index in [0.717, 1.165) is 16.7 Å². The van der Waals surface area contributed by atoms with E-state index in [0.29, 0.717) is 5.92 Å². The lowest BCUT2D eigenvalue weighted by molar-refractivity contribution is 0.0624. The number of hydrogen-bond donors (Lipinski definition) is 1. The van der Waals surface area contributed by atoms with Crippen molar-refractivity contribution in [3.63, 3.8) is 0 Å². The minimum absolute atomic E-state index is 0.163. The number of allylic oxidation sites excluding steroid dienone is 1. The molecular formula is C17H26O. The van der Waals surface area contributed by atoms with Crippen molar-refractivity contribution in [2.45, 2.75) is 53.6 Å². The van der Waals surface area contributed by atoms with Crippen molar-refractivity contribution in [1.29, 1.82) is 0 Å². The second-order valence-electron chi connectivity index (χ2n) is 6.55. The minimum atomic E-state index is -0.467. The van der Waals surface area contributed by atoms with Crippen molar-refractivity contribution in [2.75, 3.05) is 0 Å². The van der Waals surface area contributed by atoms with Gasteiger partial charge in [0.2, 0.25) is 0 Å². The molecule has 1 rings (SSSR count). The second kappa shape index (κ2) is 5.27. The molecular weight excluding hydrogens is 220 g/mol. The Morgan fingerprint density at radius 1 is 1.22 bits per heavy atom. The van der Waals surface area contributed by atoms with Crippen LogP contribution < -0.4 is 0 Å². The molecule has 1 heteroatoms. The molecule has 1 N–H and O–H groups in total. The predicted molar refractivity (Wildman–Crippen MR) is 79.7 cm³/mol. The Labute approximate surface area is 112 Å². The lowest BCUT2D eigenvalue weighted by Crippen LogP contribution is -2.19. The molecule has 100 valence electrons. The topological polar surface area (TPSA) is 20.2 Å². The summed E-state index contributed by atoms with van der Waals surface area (Å²) in [4.78, 5) is 0. The second-order valence-corrected chi connectivity index (χ2v) is 6.55. The van der Waals surface area contributed by atoms with Crippen molar-refractivity contribution in [3.8, 4) is 0 Å². The van der Waals surface area contributed by atoms with Crippen LogP contribution in [0.4, 0.5) is 0 Å². The predicted octanol–water partition coefficient (Wildman–Crippen LogP) is 4.92. The summed E-state index contributed by atoms with van der Waals surface area (Å²) in [7, 11) is 0. The Hall–Kier alpha value is -1.08. The third-order valence-corrected chi connectivity index (χ3v) is 3.32. The highest BCUT2D eigenvalue weighted by molar-refractivity contribution is 5.66. The van der Waals surface area contributed by atoms with Crippen LogP contribution in [-0.4, -0.2) is 5.11 Å². The van der Waals surface area contributed by atoms with Crippen LogP contribution in [0.3, 0.4) is 0 Å². The molecule has 0 aliphatic rings. The summed E-state index contributed by atoms with van der Waals surface area (Å²) >= 11 is 0. The molecule has 1 nitrogen and oxygen atoms in total. The van der Waals surface area contributed by atoms with Gasteiger partial charge < -0.3 is 5.11 Å². The van der Waals surface area contributed by atoms with E-state index in [1.165, 1.54) is 5.56 Å². The Balaban J connectivity index is 3.33. The van der Waals surface area contributed by atoms with Crippen molar-refractivity contribution in [2.24, 2.45) is 5.41 Å². The normalized spacial score (nSPS) is 13.8. The Morgan fingerprint density at radius 3 is 2.17 bits per heavy atom. The van der Waals surface area contributed by atoms with Gasteiger partial charge in [-0.1, -0.05) is 65.0 Å². The summed E-state index contributed by atoms with van der Waals surface area (Å²) < 4.78 is 0. The van der Waals surface area contributed by atoms with Gasteiger partial charge in [0.25, 0.3) is 0 Å². The molecule has 0 aliphatic carbocycles. The van der Waals surface area contributed by atoms with Gasteiger partial charge in [0, 0.05) is 0 Å². The average molecular weight is 246 g/mol. The zero-order chi connectivity index (χ0) is 14.1. The number of benzene rings is 1. The van der Waals surface area contributed by atoms with Crippen LogP contribution in [0.1, 0.15) is 70.3 Å². The summed E-state index contributed by atoms with van der Waals surface area (Å²) in [6.07, 6.45) is -0.467. The maximum Gasteiger partial charge on any atom is 0.0844 e. The van der Waals surface area contributed by atoms with Crippen molar-refractivity contribution < 1.29 is 5.11 Å². The summed E-state index contributed by atoms with van der Waals surface area (Å²) in [5, 5.41) is 10.5. The highest BCUT2D eigenvalue weighted by atomic mass is 16.3. The van der Waals surface area contributed by atoms with Gasteiger partial charge >= 0.3 is 0 Å². The van der Waals surface area contributed by atoms with E-state index in [1.807, 2.05) is 6.92 Å². The van der Waals surface area contributed by atoms with Crippen LogP contribution in [0, 0.1) is 5.41 Å². The van der Waals surface area contributed by atoms with Gasteiger partial charge in [-0.3, -0.25) is 0 Å². The molecule has 18 heavy (non-hydrogen) atoms. The van der Waals surface area contributed by atoms with Gasteiger partial charge in [-0.25, -0.2) is 0 Å². The Kier molecular flexibility index (Phi) is 4.39. The first-order valence-corrected chi connectivity index (χ1v) is 6.62. The maximum atomic E-state index is 10.5. The average Bonchev–Trinajstić information content (AvgIpc) is 2.25. The van der Waals surface area contributed by atoms with E-state index in [4.69, 9.17) is 0 Å². The summed E-state index contributed by atoms with van der Waals surface area (Å²) in [6.45, 7) is 16.5. The van der Waals surface area contributed by atoms with Gasteiger partial charge in [-0.05, 0) is 34.9 Å². The molecule has 0 aromatic heterocycles. The Bertz CT molecular complexity index is 435. The van der Waals surface area contributed by atoms with Crippen molar-refractivity contribution in [3.05, 3.63) is 41.5 Å². The van der Waals surface area contributed by atoms with Gasteiger partial charge in [-0.15, -0.1) is 0 Å². The van der Waals surface area contributed by atoms with Crippen LogP contribution in [0.25, 0.3) is 5.57 Å². The molecule has 0 aliphatic heterocycles. The molecule has 0 heterocycles. The SMILES string of the molecule is C=C(C)c1cc(C(C)C)ccc1C(O)C(C)(C)C. The van der Waals surface area contributed by atoms with E-state index in [9.17, 15) is 5.11 Å². The number of aliphatic hydroxyl groups is 1. The molecule has 0 spiro atoms. The molecule has 1 aromatic rings. The smallest absolute Gasteiger partial charge is 0.0844 e. The monoisotopic (exact) mass is 246 g/mol. The highest BCUT2D eigenvalue weighted by Crippen LogP contribution is 2.37. The van der Waals surface area contributed by atoms with Gasteiger partial charge in [0.1, 0.15) is 0 Å². The molecule has 0 saturated heterocycles. The van der Waals surface area contributed by atoms with E-state index >= 15 is 0 Å². The fourth-order valence-corrected chi connectivity index (χ4v) is 2.01.